The average molecular weight is 508 g/mol. The van der Waals surface area contributed by atoms with Crippen molar-refractivity contribution in [1.29, 1.82) is 5.26 Å². The predicted octanol–water partition coefficient (Wildman–Crippen LogP) is 4.63. The van der Waals surface area contributed by atoms with E-state index in [1.165, 1.54) is 30.3 Å². The molecule has 0 unspecified atom stereocenters. The van der Waals surface area contributed by atoms with E-state index in [-0.39, 0.29) is 22.2 Å². The largest absolute Gasteiger partial charge is 0.506 e. The zero-order chi connectivity index (χ0) is 25.2. The number of phenols is 1. The number of nitriles is 1. The van der Waals surface area contributed by atoms with Crippen LogP contribution >= 0.6 is 11.6 Å². The molecule has 2 heterocycles. The van der Waals surface area contributed by atoms with Crippen molar-refractivity contribution in [1.82, 2.24) is 19.7 Å². The Kier molecular flexibility index (Phi) is 6.63. The molecule has 178 valence electrons. The van der Waals surface area contributed by atoms with Crippen molar-refractivity contribution in [2.75, 3.05) is 6.54 Å². The minimum absolute atomic E-state index is 0.0595. The number of sulfonamides is 1. The maximum Gasteiger partial charge on any atom is 0.240 e. The Morgan fingerprint density at radius 2 is 1.77 bits per heavy atom. The summed E-state index contributed by atoms with van der Waals surface area (Å²) in [5.74, 6) is 0.486. The fraction of sp³-hybridized carbons (Fsp3) is 0.160. The molecule has 4 rings (SSSR count). The van der Waals surface area contributed by atoms with Crippen LogP contribution in [0, 0.1) is 11.3 Å². The molecule has 0 aliphatic heterocycles. The number of imidazole rings is 1. The molecular formula is C25H22ClN5O3S. The van der Waals surface area contributed by atoms with Crippen LogP contribution in [-0.2, 0) is 15.4 Å². The van der Waals surface area contributed by atoms with E-state index in [1.807, 2.05) is 32.0 Å². The molecule has 10 heteroatoms. The number of benzene rings is 2. The van der Waals surface area contributed by atoms with Crippen LogP contribution in [0.1, 0.15) is 25.2 Å². The molecule has 0 atom stereocenters. The van der Waals surface area contributed by atoms with Gasteiger partial charge in [-0.25, -0.2) is 18.1 Å². The number of hydrogen-bond acceptors (Lipinski definition) is 6. The summed E-state index contributed by atoms with van der Waals surface area (Å²) >= 11 is 5.99. The average Bonchev–Trinajstić information content (AvgIpc) is 3.32. The van der Waals surface area contributed by atoms with Gasteiger partial charge in [-0.3, -0.25) is 4.98 Å². The van der Waals surface area contributed by atoms with Gasteiger partial charge in [-0.15, -0.1) is 0 Å². The van der Waals surface area contributed by atoms with Gasteiger partial charge in [0.2, 0.25) is 10.0 Å². The lowest BCUT2D eigenvalue weighted by atomic mass is 9.93. The van der Waals surface area contributed by atoms with Gasteiger partial charge >= 0.3 is 0 Å². The van der Waals surface area contributed by atoms with Crippen molar-refractivity contribution in [3.8, 4) is 34.3 Å². The molecule has 2 aromatic heterocycles. The fourth-order valence-electron chi connectivity index (χ4n) is 3.44. The Bertz CT molecular complexity index is 1510. The highest BCUT2D eigenvalue weighted by Crippen LogP contribution is 2.36. The third-order valence-electron chi connectivity index (χ3n) is 5.53. The molecule has 0 radical (unpaired) electrons. The van der Waals surface area contributed by atoms with E-state index < -0.39 is 15.4 Å². The van der Waals surface area contributed by atoms with Crippen LogP contribution in [0.5, 0.6) is 5.75 Å². The molecule has 0 amide bonds. The van der Waals surface area contributed by atoms with Crippen LogP contribution in [0.3, 0.4) is 0 Å². The van der Waals surface area contributed by atoms with E-state index >= 15 is 0 Å². The van der Waals surface area contributed by atoms with Crippen molar-refractivity contribution in [2.45, 2.75) is 24.2 Å². The number of hydrogen-bond donors (Lipinski definition) is 3. The second-order valence-corrected chi connectivity index (χ2v) is 10.7. The Morgan fingerprint density at radius 3 is 2.40 bits per heavy atom. The standard InChI is InChI=1S/C25H22ClN5O3S/c1-25(2,15-29-35(33,34)19-6-3-16(14-27)4-7-19)24-30-22(17-9-11-28-12-10-17)23(31-24)18-5-8-20(26)21(32)13-18/h3-13,29,32H,15H2,1-2H3,(H,30,31). The van der Waals surface area contributed by atoms with E-state index in [9.17, 15) is 13.5 Å². The first-order chi connectivity index (χ1) is 16.6. The molecule has 0 saturated heterocycles. The number of nitrogens with one attached hydrogen (secondary N) is 2. The van der Waals surface area contributed by atoms with Crippen molar-refractivity contribution in [3.05, 3.63) is 83.4 Å². The third-order valence-corrected chi connectivity index (χ3v) is 7.27. The Morgan fingerprint density at radius 1 is 1.09 bits per heavy atom. The predicted molar refractivity (Wildman–Crippen MR) is 133 cm³/mol. The summed E-state index contributed by atoms with van der Waals surface area (Å²) in [7, 11) is -3.80. The normalized spacial score (nSPS) is 11.8. The minimum Gasteiger partial charge on any atom is -0.506 e. The van der Waals surface area contributed by atoms with Crippen molar-refractivity contribution in [2.24, 2.45) is 0 Å². The van der Waals surface area contributed by atoms with E-state index in [0.717, 1.165) is 5.56 Å². The van der Waals surface area contributed by atoms with Gasteiger partial charge < -0.3 is 10.1 Å². The van der Waals surface area contributed by atoms with E-state index in [4.69, 9.17) is 21.8 Å². The summed E-state index contributed by atoms with van der Waals surface area (Å²) in [5, 5.41) is 19.3. The maximum atomic E-state index is 12.8. The van der Waals surface area contributed by atoms with E-state index in [2.05, 4.69) is 14.7 Å². The number of pyridine rings is 1. The van der Waals surface area contributed by atoms with Crippen LogP contribution in [0.25, 0.3) is 22.5 Å². The van der Waals surface area contributed by atoms with Crippen LogP contribution in [0.2, 0.25) is 5.02 Å². The molecule has 4 aromatic rings. The monoisotopic (exact) mass is 507 g/mol. The second kappa shape index (κ2) is 9.50. The third kappa shape index (κ3) is 5.20. The molecule has 3 N–H and O–H groups in total. The Balaban J connectivity index is 1.68. The molecule has 0 aliphatic rings. The minimum atomic E-state index is -3.80. The highest BCUT2D eigenvalue weighted by molar-refractivity contribution is 7.89. The highest BCUT2D eigenvalue weighted by Gasteiger charge is 2.29. The number of rotatable bonds is 7. The molecule has 0 bridgehead atoms. The highest BCUT2D eigenvalue weighted by atomic mass is 35.5. The van der Waals surface area contributed by atoms with Gasteiger partial charge in [0.15, 0.2) is 0 Å². The van der Waals surface area contributed by atoms with Gasteiger partial charge in [-0.1, -0.05) is 31.5 Å². The number of aromatic nitrogens is 3. The Labute approximate surface area is 208 Å². The van der Waals surface area contributed by atoms with Gasteiger partial charge in [0.05, 0.1) is 32.9 Å². The smallest absolute Gasteiger partial charge is 0.240 e. The fourth-order valence-corrected chi connectivity index (χ4v) is 4.77. The number of halogens is 1. The summed E-state index contributed by atoms with van der Waals surface area (Å²) in [4.78, 5) is 12.3. The number of H-pyrrole nitrogens is 1. The van der Waals surface area contributed by atoms with Gasteiger partial charge in [0.25, 0.3) is 0 Å². The molecule has 0 aliphatic carbocycles. The van der Waals surface area contributed by atoms with Crippen LogP contribution in [-0.4, -0.2) is 35.0 Å². The quantitative estimate of drug-likeness (QED) is 0.334. The molecule has 2 aromatic carbocycles. The molecule has 35 heavy (non-hydrogen) atoms. The maximum absolute atomic E-state index is 12.8. The lowest BCUT2D eigenvalue weighted by molar-refractivity contribution is 0.475. The number of aromatic amines is 1. The zero-order valence-corrected chi connectivity index (χ0v) is 20.5. The second-order valence-electron chi connectivity index (χ2n) is 8.56. The molecule has 0 spiro atoms. The SMILES string of the molecule is CC(C)(CNS(=O)(=O)c1ccc(C#N)cc1)c1nc(-c2ccc(Cl)c(O)c2)c(-c2ccncc2)[nH]1. The van der Waals surface area contributed by atoms with Gasteiger partial charge in [-0.2, -0.15) is 5.26 Å². The van der Waals surface area contributed by atoms with Gasteiger partial charge in [-0.05, 0) is 48.5 Å². The van der Waals surface area contributed by atoms with Crippen LogP contribution in [0.15, 0.2) is 71.9 Å². The number of phenolic OH excluding ortho intramolecular Hbond substituents is 1. The summed E-state index contributed by atoms with van der Waals surface area (Å²) < 4.78 is 28.3. The van der Waals surface area contributed by atoms with Crippen molar-refractivity contribution >= 4 is 21.6 Å². The lowest BCUT2D eigenvalue weighted by Crippen LogP contribution is -2.37. The summed E-state index contributed by atoms with van der Waals surface area (Å²) in [6.45, 7) is 3.79. The first-order valence-corrected chi connectivity index (χ1v) is 12.5. The number of nitrogens with zero attached hydrogens (tertiary/aromatic N) is 3. The molecule has 0 fully saturated rings. The summed E-state index contributed by atoms with van der Waals surface area (Å²) in [5.41, 5.74) is 2.42. The van der Waals surface area contributed by atoms with Crippen molar-refractivity contribution in [3.63, 3.8) is 0 Å². The summed E-state index contributed by atoms with van der Waals surface area (Å²) in [6.07, 6.45) is 3.33. The zero-order valence-electron chi connectivity index (χ0n) is 18.9. The number of aromatic hydroxyl groups is 1. The lowest BCUT2D eigenvalue weighted by Gasteiger charge is -2.22. The topological polar surface area (TPSA) is 132 Å². The van der Waals surface area contributed by atoms with Gasteiger partial charge in [0, 0.05) is 35.5 Å². The molecular weight excluding hydrogens is 486 g/mol. The van der Waals surface area contributed by atoms with Crippen LogP contribution < -0.4 is 4.72 Å². The van der Waals surface area contributed by atoms with E-state index in [0.29, 0.717) is 28.3 Å². The molecule has 0 saturated carbocycles. The molecule has 8 nitrogen and oxygen atoms in total. The first kappa shape index (κ1) is 24.4. The first-order valence-electron chi connectivity index (χ1n) is 10.6. The van der Waals surface area contributed by atoms with Crippen molar-refractivity contribution < 1.29 is 13.5 Å². The Hall–Kier alpha value is -3.71. The summed E-state index contributed by atoms with van der Waals surface area (Å²) in [6, 6.07) is 16.2. The van der Waals surface area contributed by atoms with E-state index in [1.54, 1.807) is 24.5 Å². The van der Waals surface area contributed by atoms with Crippen LogP contribution in [0.4, 0.5) is 0 Å². The van der Waals surface area contributed by atoms with Gasteiger partial charge in [0.1, 0.15) is 11.6 Å².